The monoisotopic (exact) mass is 323 g/mol. The van der Waals surface area contributed by atoms with Gasteiger partial charge in [-0.05, 0) is 38.5 Å². The molecule has 0 spiro atoms. The molecule has 0 aliphatic heterocycles. The van der Waals surface area contributed by atoms with Crippen LogP contribution in [0.4, 0.5) is 10.5 Å². The van der Waals surface area contributed by atoms with Crippen LogP contribution in [0, 0.1) is 5.41 Å². The Morgan fingerprint density at radius 1 is 1.30 bits per heavy atom. The van der Waals surface area contributed by atoms with Crippen molar-refractivity contribution < 1.29 is 24.2 Å². The largest absolute Gasteiger partial charge is 0.495 e. The number of benzene rings is 1. The fourth-order valence-corrected chi connectivity index (χ4v) is 1.71. The van der Waals surface area contributed by atoms with Crippen LogP contribution in [0.25, 0.3) is 0 Å². The van der Waals surface area contributed by atoms with Crippen LogP contribution < -0.4 is 21.1 Å². The van der Waals surface area contributed by atoms with Crippen molar-refractivity contribution >= 4 is 23.6 Å². The fraction of sp³-hybridized carbons (Fsp3) is 0.400. The van der Waals surface area contributed by atoms with Gasteiger partial charge in [0.15, 0.2) is 0 Å². The second-order valence-corrected chi connectivity index (χ2v) is 5.60. The topological polar surface area (TPSA) is 131 Å². The molecule has 0 saturated carbocycles. The molecule has 1 aromatic carbocycles. The van der Waals surface area contributed by atoms with Crippen molar-refractivity contribution in [2.24, 2.45) is 11.1 Å². The normalized spacial score (nSPS) is 10.7. The van der Waals surface area contributed by atoms with Gasteiger partial charge in [0, 0.05) is 12.1 Å². The molecule has 3 amide bonds. The first-order valence-electron chi connectivity index (χ1n) is 6.93. The number of carboxylic acid groups (broad SMARTS) is 1. The molecule has 0 aromatic heterocycles. The molecule has 5 N–H and O–H groups in total. The van der Waals surface area contributed by atoms with Crippen LogP contribution in [-0.2, 0) is 4.79 Å². The maximum atomic E-state index is 11.8. The Bertz CT molecular complexity index is 613. The van der Waals surface area contributed by atoms with Crippen LogP contribution in [0.3, 0.4) is 0 Å². The molecule has 1 aromatic rings. The number of hydrogen-bond acceptors (Lipinski definition) is 4. The van der Waals surface area contributed by atoms with Crippen molar-refractivity contribution in [1.82, 2.24) is 5.32 Å². The fourth-order valence-electron chi connectivity index (χ4n) is 1.71. The van der Waals surface area contributed by atoms with Gasteiger partial charge in [0.05, 0.1) is 18.2 Å². The van der Waals surface area contributed by atoms with Gasteiger partial charge in [0.1, 0.15) is 5.75 Å². The number of carbonyl (C=O) groups is 3. The van der Waals surface area contributed by atoms with Crippen molar-refractivity contribution in [3.8, 4) is 5.75 Å². The number of carbonyl (C=O) groups excluding carboxylic acids is 2. The summed E-state index contributed by atoms with van der Waals surface area (Å²) < 4.78 is 5.10. The summed E-state index contributed by atoms with van der Waals surface area (Å²) in [4.78, 5) is 33.9. The number of methoxy groups -OCH3 is 1. The van der Waals surface area contributed by atoms with Crippen LogP contribution in [0.2, 0.25) is 0 Å². The molecule has 23 heavy (non-hydrogen) atoms. The van der Waals surface area contributed by atoms with Crippen LogP contribution in [0.1, 0.15) is 30.6 Å². The molecule has 0 atom stereocenters. The SMILES string of the molecule is COc1cc(C(N)=O)ccc1NC(=O)NCCC(C)(C)C(=O)O. The first-order chi connectivity index (χ1) is 10.7. The van der Waals surface area contributed by atoms with Gasteiger partial charge in [-0.25, -0.2) is 4.79 Å². The van der Waals surface area contributed by atoms with E-state index in [1.165, 1.54) is 25.3 Å². The number of urea groups is 1. The Morgan fingerprint density at radius 2 is 1.96 bits per heavy atom. The summed E-state index contributed by atoms with van der Waals surface area (Å²) in [6, 6.07) is 3.88. The van der Waals surface area contributed by atoms with E-state index in [0.717, 1.165) is 0 Å². The minimum Gasteiger partial charge on any atom is -0.495 e. The molecular weight excluding hydrogens is 302 g/mol. The maximum absolute atomic E-state index is 11.8. The molecule has 126 valence electrons. The summed E-state index contributed by atoms with van der Waals surface area (Å²) in [6.45, 7) is 3.37. The summed E-state index contributed by atoms with van der Waals surface area (Å²) >= 11 is 0. The lowest BCUT2D eigenvalue weighted by atomic mass is 9.90. The van der Waals surface area contributed by atoms with Gasteiger partial charge in [-0.2, -0.15) is 0 Å². The number of hydrogen-bond donors (Lipinski definition) is 4. The van der Waals surface area contributed by atoms with E-state index in [1.807, 2.05) is 0 Å². The summed E-state index contributed by atoms with van der Waals surface area (Å²) in [5, 5.41) is 14.1. The minimum absolute atomic E-state index is 0.201. The molecule has 8 heteroatoms. The van der Waals surface area contributed by atoms with E-state index in [2.05, 4.69) is 10.6 Å². The Labute approximate surface area is 134 Å². The van der Waals surface area contributed by atoms with Gasteiger partial charge in [-0.1, -0.05) is 0 Å². The van der Waals surface area contributed by atoms with E-state index in [4.69, 9.17) is 15.6 Å². The zero-order chi connectivity index (χ0) is 17.6. The predicted molar refractivity (Wildman–Crippen MR) is 84.6 cm³/mol. The number of ether oxygens (including phenoxy) is 1. The second kappa shape index (κ2) is 7.48. The number of nitrogens with two attached hydrogens (primary N) is 1. The number of aliphatic carboxylic acids is 1. The van der Waals surface area contributed by atoms with Gasteiger partial charge in [-0.15, -0.1) is 0 Å². The third kappa shape index (κ3) is 5.17. The van der Waals surface area contributed by atoms with Crippen LogP contribution in [0.5, 0.6) is 5.75 Å². The van der Waals surface area contributed by atoms with Gasteiger partial charge in [0.2, 0.25) is 5.91 Å². The molecule has 0 fully saturated rings. The standard InChI is InChI=1S/C15H21N3O5/c1-15(2,13(20)21)6-7-17-14(22)18-10-5-4-9(12(16)19)8-11(10)23-3/h4-5,8H,6-7H2,1-3H3,(H2,16,19)(H,20,21)(H2,17,18,22). The third-order valence-corrected chi connectivity index (χ3v) is 3.35. The van der Waals surface area contributed by atoms with Crippen LogP contribution in [0.15, 0.2) is 18.2 Å². The molecule has 0 saturated heterocycles. The lowest BCUT2D eigenvalue weighted by Gasteiger charge is -2.19. The Kier molecular flexibility index (Phi) is 5.94. The van der Waals surface area contributed by atoms with Crippen molar-refractivity contribution in [3.63, 3.8) is 0 Å². The van der Waals surface area contributed by atoms with Crippen LogP contribution in [-0.4, -0.2) is 36.7 Å². The third-order valence-electron chi connectivity index (χ3n) is 3.35. The van der Waals surface area contributed by atoms with E-state index < -0.39 is 23.3 Å². The van der Waals surface area contributed by atoms with Crippen molar-refractivity contribution in [3.05, 3.63) is 23.8 Å². The number of nitrogens with one attached hydrogen (secondary N) is 2. The first kappa shape index (κ1) is 18.3. The highest BCUT2D eigenvalue weighted by Crippen LogP contribution is 2.25. The van der Waals surface area contributed by atoms with E-state index in [0.29, 0.717) is 11.4 Å². The van der Waals surface area contributed by atoms with Crippen molar-refractivity contribution in [2.45, 2.75) is 20.3 Å². The number of amides is 3. The smallest absolute Gasteiger partial charge is 0.319 e. The highest BCUT2D eigenvalue weighted by atomic mass is 16.5. The Morgan fingerprint density at radius 3 is 2.48 bits per heavy atom. The zero-order valence-corrected chi connectivity index (χ0v) is 13.3. The molecule has 0 unspecified atom stereocenters. The second-order valence-electron chi connectivity index (χ2n) is 5.60. The lowest BCUT2D eigenvalue weighted by molar-refractivity contribution is -0.147. The van der Waals surface area contributed by atoms with E-state index in [9.17, 15) is 14.4 Å². The van der Waals surface area contributed by atoms with Gasteiger partial charge < -0.3 is 26.2 Å². The van der Waals surface area contributed by atoms with Crippen molar-refractivity contribution in [1.29, 1.82) is 0 Å². The Balaban J connectivity index is 2.64. The Hall–Kier alpha value is -2.77. The number of carboxylic acids is 1. The van der Waals surface area contributed by atoms with Gasteiger partial charge in [0.25, 0.3) is 0 Å². The summed E-state index contributed by atoms with van der Waals surface area (Å²) in [7, 11) is 1.40. The van der Waals surface area contributed by atoms with E-state index in [1.54, 1.807) is 13.8 Å². The molecule has 0 heterocycles. The quantitative estimate of drug-likeness (QED) is 0.602. The number of primary amides is 1. The average Bonchev–Trinajstić information content (AvgIpc) is 2.46. The predicted octanol–water partition coefficient (Wildman–Crippen LogP) is 1.42. The summed E-state index contributed by atoms with van der Waals surface area (Å²) in [6.07, 6.45) is 0.285. The van der Waals surface area contributed by atoms with Crippen LogP contribution >= 0.6 is 0 Å². The minimum atomic E-state index is -0.927. The number of anilines is 1. The zero-order valence-electron chi connectivity index (χ0n) is 13.3. The van der Waals surface area contributed by atoms with E-state index >= 15 is 0 Å². The first-order valence-corrected chi connectivity index (χ1v) is 6.93. The lowest BCUT2D eigenvalue weighted by Crippen LogP contribution is -2.34. The maximum Gasteiger partial charge on any atom is 0.319 e. The highest BCUT2D eigenvalue weighted by Gasteiger charge is 2.26. The molecular formula is C15H21N3O5. The average molecular weight is 323 g/mol. The van der Waals surface area contributed by atoms with Gasteiger partial charge >= 0.3 is 12.0 Å². The molecule has 0 aliphatic rings. The molecule has 8 nitrogen and oxygen atoms in total. The summed E-state index contributed by atoms with van der Waals surface area (Å²) in [5.41, 5.74) is 4.88. The van der Waals surface area contributed by atoms with E-state index in [-0.39, 0.29) is 18.5 Å². The number of rotatable bonds is 7. The highest BCUT2D eigenvalue weighted by molar-refractivity contribution is 5.96. The van der Waals surface area contributed by atoms with Crippen molar-refractivity contribution in [2.75, 3.05) is 19.0 Å². The molecule has 1 rings (SSSR count). The molecule has 0 aliphatic carbocycles. The molecule has 0 radical (unpaired) electrons. The van der Waals surface area contributed by atoms with Gasteiger partial charge in [-0.3, -0.25) is 9.59 Å². The summed E-state index contributed by atoms with van der Waals surface area (Å²) in [5.74, 6) is -1.24. The molecule has 0 bridgehead atoms.